The van der Waals surface area contributed by atoms with Crippen LogP contribution in [0, 0.1) is 35.1 Å². The molecule has 0 aliphatic heterocycles. The Morgan fingerprint density at radius 3 is 1.90 bits per heavy atom. The fraction of sp³-hybridized carbons (Fsp3) is 0.600. The van der Waals surface area contributed by atoms with Gasteiger partial charge in [0.05, 0.1) is 0 Å². The van der Waals surface area contributed by atoms with Crippen molar-refractivity contribution in [2.24, 2.45) is 11.8 Å². The van der Waals surface area contributed by atoms with Crippen LogP contribution in [0.15, 0.2) is 6.07 Å². The highest BCUT2D eigenvalue weighted by molar-refractivity contribution is 5.48. The van der Waals surface area contributed by atoms with Crippen molar-refractivity contribution in [1.82, 2.24) is 0 Å². The first-order chi connectivity index (χ1) is 9.40. The molecule has 0 bridgehead atoms. The van der Waals surface area contributed by atoms with Crippen molar-refractivity contribution in [2.45, 2.75) is 45.6 Å². The normalized spacial score (nSPS) is 23.1. The van der Waals surface area contributed by atoms with Gasteiger partial charge in [-0.1, -0.05) is 13.8 Å². The molecule has 1 fully saturated rings. The minimum atomic E-state index is -1.37. The van der Waals surface area contributed by atoms with Crippen LogP contribution in [0.1, 0.15) is 39.5 Å². The molecule has 5 heteroatoms. The van der Waals surface area contributed by atoms with Crippen LogP contribution in [0.2, 0.25) is 0 Å². The minimum Gasteiger partial charge on any atom is -0.377 e. The zero-order chi connectivity index (χ0) is 14.9. The summed E-state index contributed by atoms with van der Waals surface area (Å²) in [5.41, 5.74) is -0.685. The van der Waals surface area contributed by atoms with E-state index in [0.29, 0.717) is 11.8 Å². The molecule has 1 aliphatic rings. The molecule has 0 heterocycles. The van der Waals surface area contributed by atoms with E-state index in [-0.39, 0.29) is 12.1 Å². The van der Waals surface area contributed by atoms with E-state index in [0.717, 1.165) is 25.7 Å². The van der Waals surface area contributed by atoms with Gasteiger partial charge in [-0.25, -0.2) is 17.6 Å². The number of anilines is 1. The second-order valence-electron chi connectivity index (χ2n) is 5.84. The minimum absolute atomic E-state index is 0.143. The van der Waals surface area contributed by atoms with Crippen LogP contribution < -0.4 is 5.32 Å². The molecule has 1 saturated carbocycles. The number of halogens is 4. The highest BCUT2D eigenvalue weighted by Gasteiger charge is 2.26. The van der Waals surface area contributed by atoms with Gasteiger partial charge in [0, 0.05) is 12.1 Å². The maximum absolute atomic E-state index is 13.6. The van der Waals surface area contributed by atoms with E-state index < -0.39 is 29.0 Å². The molecule has 0 saturated heterocycles. The molecule has 112 valence electrons. The molecule has 1 N–H and O–H groups in total. The van der Waals surface area contributed by atoms with Gasteiger partial charge in [0.15, 0.2) is 23.3 Å². The van der Waals surface area contributed by atoms with Crippen molar-refractivity contribution in [2.75, 3.05) is 5.32 Å². The van der Waals surface area contributed by atoms with Gasteiger partial charge >= 0.3 is 0 Å². The second-order valence-corrected chi connectivity index (χ2v) is 5.84. The Kier molecular flexibility index (Phi) is 4.55. The van der Waals surface area contributed by atoms with E-state index in [9.17, 15) is 17.6 Å². The van der Waals surface area contributed by atoms with Crippen LogP contribution in [0.25, 0.3) is 0 Å². The molecule has 2 rings (SSSR count). The molecule has 1 nitrogen and oxygen atoms in total. The van der Waals surface area contributed by atoms with Gasteiger partial charge in [-0.05, 0) is 37.5 Å². The van der Waals surface area contributed by atoms with E-state index in [4.69, 9.17) is 0 Å². The summed E-state index contributed by atoms with van der Waals surface area (Å²) in [6.07, 6.45) is 3.41. The van der Waals surface area contributed by atoms with E-state index in [1.807, 2.05) is 0 Å². The lowest BCUT2D eigenvalue weighted by Gasteiger charge is -2.32. The second kappa shape index (κ2) is 6.02. The van der Waals surface area contributed by atoms with Crippen molar-refractivity contribution in [3.63, 3.8) is 0 Å². The Bertz CT molecular complexity index is 453. The van der Waals surface area contributed by atoms with Crippen molar-refractivity contribution in [3.05, 3.63) is 29.3 Å². The molecular weight excluding hydrogens is 270 g/mol. The van der Waals surface area contributed by atoms with Gasteiger partial charge < -0.3 is 5.32 Å². The largest absolute Gasteiger partial charge is 0.377 e. The zero-order valence-electron chi connectivity index (χ0n) is 11.6. The molecule has 20 heavy (non-hydrogen) atoms. The van der Waals surface area contributed by atoms with Gasteiger partial charge in [-0.3, -0.25) is 0 Å². The molecule has 0 amide bonds. The van der Waals surface area contributed by atoms with Gasteiger partial charge in [-0.2, -0.15) is 0 Å². The van der Waals surface area contributed by atoms with Gasteiger partial charge in [-0.15, -0.1) is 0 Å². The average Bonchev–Trinajstić information content (AvgIpc) is 2.42. The quantitative estimate of drug-likeness (QED) is 0.618. The van der Waals surface area contributed by atoms with E-state index in [1.54, 1.807) is 0 Å². The molecule has 0 spiro atoms. The van der Waals surface area contributed by atoms with Gasteiger partial charge in [0.25, 0.3) is 0 Å². The number of hydrogen-bond acceptors (Lipinski definition) is 1. The summed E-state index contributed by atoms with van der Waals surface area (Å²) in [6, 6.07) is 0.0844. The molecule has 0 aromatic heterocycles. The Morgan fingerprint density at radius 2 is 1.45 bits per heavy atom. The molecule has 0 radical (unpaired) electrons. The smallest absolute Gasteiger partial charge is 0.185 e. The molecular formula is C15H19F4N. The predicted molar refractivity (Wildman–Crippen MR) is 70.5 cm³/mol. The van der Waals surface area contributed by atoms with Gasteiger partial charge in [0.2, 0.25) is 0 Å². The summed E-state index contributed by atoms with van der Waals surface area (Å²) >= 11 is 0. The maximum Gasteiger partial charge on any atom is 0.185 e. The zero-order valence-corrected chi connectivity index (χ0v) is 11.6. The summed E-state index contributed by atoms with van der Waals surface area (Å²) in [5.74, 6) is -4.27. The van der Waals surface area contributed by atoms with Crippen LogP contribution in [0.4, 0.5) is 23.2 Å². The Labute approximate surface area is 116 Å². The average molecular weight is 289 g/mol. The van der Waals surface area contributed by atoms with E-state index >= 15 is 0 Å². The monoisotopic (exact) mass is 289 g/mol. The fourth-order valence-electron chi connectivity index (χ4n) is 2.83. The SMILES string of the molecule is CC(C)C1CCC(Nc2c(F)c(F)cc(F)c2F)CC1. The first-order valence-electron chi connectivity index (χ1n) is 6.99. The summed E-state index contributed by atoms with van der Waals surface area (Å²) in [7, 11) is 0. The molecule has 1 aromatic carbocycles. The molecule has 1 aromatic rings. The third-order valence-electron chi connectivity index (χ3n) is 4.17. The van der Waals surface area contributed by atoms with Crippen LogP contribution in [0.3, 0.4) is 0 Å². The van der Waals surface area contributed by atoms with Crippen LogP contribution in [-0.2, 0) is 0 Å². The van der Waals surface area contributed by atoms with Crippen LogP contribution >= 0.6 is 0 Å². The summed E-state index contributed by atoms with van der Waals surface area (Å²) in [4.78, 5) is 0. The lowest BCUT2D eigenvalue weighted by atomic mass is 9.79. The third kappa shape index (κ3) is 3.07. The summed E-state index contributed by atoms with van der Waals surface area (Å²) in [6.45, 7) is 4.30. The lowest BCUT2D eigenvalue weighted by Crippen LogP contribution is -2.29. The first kappa shape index (κ1) is 15.1. The van der Waals surface area contributed by atoms with Crippen LogP contribution in [0.5, 0.6) is 0 Å². The number of hydrogen-bond donors (Lipinski definition) is 1. The van der Waals surface area contributed by atoms with Crippen molar-refractivity contribution < 1.29 is 17.6 Å². The highest BCUT2D eigenvalue weighted by atomic mass is 19.2. The Morgan fingerprint density at radius 1 is 0.950 bits per heavy atom. The first-order valence-corrected chi connectivity index (χ1v) is 6.99. The number of rotatable bonds is 3. The van der Waals surface area contributed by atoms with E-state index in [1.165, 1.54) is 0 Å². The Hall–Kier alpha value is -1.26. The summed E-state index contributed by atoms with van der Waals surface area (Å²) in [5, 5.41) is 2.63. The standard InChI is InChI=1S/C15H19F4N/c1-8(2)9-3-5-10(6-4-9)20-15-13(18)11(16)7-12(17)14(15)19/h7-10,20H,3-6H2,1-2H3. The van der Waals surface area contributed by atoms with Gasteiger partial charge in [0.1, 0.15) is 5.69 Å². The van der Waals surface area contributed by atoms with Crippen LogP contribution in [-0.4, -0.2) is 6.04 Å². The fourth-order valence-corrected chi connectivity index (χ4v) is 2.83. The van der Waals surface area contributed by atoms with Crippen molar-refractivity contribution >= 4 is 5.69 Å². The number of benzene rings is 1. The molecule has 0 atom stereocenters. The van der Waals surface area contributed by atoms with Crippen molar-refractivity contribution in [1.29, 1.82) is 0 Å². The Balaban J connectivity index is 2.09. The lowest BCUT2D eigenvalue weighted by molar-refractivity contribution is 0.266. The van der Waals surface area contributed by atoms with E-state index in [2.05, 4.69) is 19.2 Å². The predicted octanol–water partition coefficient (Wildman–Crippen LogP) is 4.87. The van der Waals surface area contributed by atoms with Crippen molar-refractivity contribution in [3.8, 4) is 0 Å². The maximum atomic E-state index is 13.6. The molecule has 0 unspecified atom stereocenters. The topological polar surface area (TPSA) is 12.0 Å². The highest BCUT2D eigenvalue weighted by Crippen LogP contribution is 2.33. The molecule has 1 aliphatic carbocycles. The number of nitrogens with one attached hydrogen (secondary N) is 1. The summed E-state index contributed by atoms with van der Waals surface area (Å²) < 4.78 is 53.4. The third-order valence-corrected chi connectivity index (χ3v) is 4.17.